The molecule has 1 aromatic rings. The van der Waals surface area contributed by atoms with E-state index in [1.54, 1.807) is 0 Å². The molecule has 0 radical (unpaired) electrons. The molecule has 1 aliphatic rings. The first-order valence-electron chi connectivity index (χ1n) is 6.47. The molecule has 0 aliphatic carbocycles. The van der Waals surface area contributed by atoms with Crippen molar-refractivity contribution >= 4 is 5.82 Å². The summed E-state index contributed by atoms with van der Waals surface area (Å²) < 4.78 is 0. The Morgan fingerprint density at radius 2 is 2.06 bits per heavy atom. The van der Waals surface area contributed by atoms with E-state index < -0.39 is 12.2 Å². The lowest BCUT2D eigenvalue weighted by atomic mass is 10.3. The van der Waals surface area contributed by atoms with E-state index in [1.807, 2.05) is 23.1 Å². The molecule has 5 nitrogen and oxygen atoms in total. The van der Waals surface area contributed by atoms with Gasteiger partial charge in [0.1, 0.15) is 5.82 Å². The summed E-state index contributed by atoms with van der Waals surface area (Å²) >= 11 is 0. The van der Waals surface area contributed by atoms with Gasteiger partial charge < -0.3 is 15.5 Å². The number of aliphatic hydroxyl groups is 2. The van der Waals surface area contributed by atoms with Crippen molar-refractivity contribution in [2.45, 2.75) is 32.1 Å². The SMILES string of the molecule is CCCNc1cccc(CN2CC(O)C(O)C2)n1. The maximum atomic E-state index is 9.49. The minimum absolute atomic E-state index is 0.509. The standard InChI is InChI=1S/C13H21N3O2/c1-2-6-14-13-5-3-4-10(15-13)7-16-8-11(17)12(18)9-16/h3-5,11-12,17-18H,2,6-9H2,1H3,(H,14,15). The normalized spacial score (nSPS) is 24.4. The molecule has 2 atom stereocenters. The van der Waals surface area contributed by atoms with E-state index in [-0.39, 0.29) is 0 Å². The van der Waals surface area contributed by atoms with Gasteiger partial charge in [0.05, 0.1) is 17.9 Å². The van der Waals surface area contributed by atoms with Gasteiger partial charge in [0.15, 0.2) is 0 Å². The van der Waals surface area contributed by atoms with E-state index >= 15 is 0 Å². The Bertz CT molecular complexity index is 376. The van der Waals surface area contributed by atoms with Crippen molar-refractivity contribution in [1.82, 2.24) is 9.88 Å². The molecular formula is C13H21N3O2. The number of aliphatic hydroxyl groups excluding tert-OH is 2. The molecule has 1 fully saturated rings. The van der Waals surface area contributed by atoms with Crippen LogP contribution in [0.25, 0.3) is 0 Å². The van der Waals surface area contributed by atoms with Gasteiger partial charge in [0.2, 0.25) is 0 Å². The number of nitrogens with one attached hydrogen (secondary N) is 1. The number of hydrogen-bond acceptors (Lipinski definition) is 5. The lowest BCUT2D eigenvalue weighted by Gasteiger charge is -2.14. The summed E-state index contributed by atoms with van der Waals surface area (Å²) in [5.41, 5.74) is 0.956. The van der Waals surface area contributed by atoms with Gasteiger partial charge in [-0.25, -0.2) is 4.98 Å². The third-order valence-electron chi connectivity index (χ3n) is 3.08. The molecule has 2 unspecified atom stereocenters. The first kappa shape index (κ1) is 13.3. The predicted molar refractivity (Wildman–Crippen MR) is 70.3 cm³/mol. The largest absolute Gasteiger partial charge is 0.389 e. The second kappa shape index (κ2) is 6.13. The number of aromatic nitrogens is 1. The third kappa shape index (κ3) is 3.41. The molecule has 0 saturated carbocycles. The number of likely N-dealkylation sites (tertiary alicyclic amines) is 1. The molecule has 0 amide bonds. The topological polar surface area (TPSA) is 68.6 Å². The number of rotatable bonds is 5. The predicted octanol–water partition coefficient (Wildman–Crippen LogP) is 0.441. The van der Waals surface area contributed by atoms with Crippen LogP contribution in [-0.4, -0.2) is 51.9 Å². The fraction of sp³-hybridized carbons (Fsp3) is 0.615. The summed E-state index contributed by atoms with van der Waals surface area (Å²) in [5, 5.41) is 22.2. The highest BCUT2D eigenvalue weighted by molar-refractivity contribution is 5.35. The van der Waals surface area contributed by atoms with Crippen molar-refractivity contribution < 1.29 is 10.2 Å². The molecule has 100 valence electrons. The fourth-order valence-corrected chi connectivity index (χ4v) is 2.12. The van der Waals surface area contributed by atoms with E-state index in [2.05, 4.69) is 17.2 Å². The Kier molecular flexibility index (Phi) is 4.52. The second-order valence-corrected chi connectivity index (χ2v) is 4.77. The molecule has 5 heteroatoms. The van der Waals surface area contributed by atoms with Gasteiger partial charge in [-0.3, -0.25) is 4.90 Å². The lowest BCUT2D eigenvalue weighted by molar-refractivity contribution is 0.0572. The van der Waals surface area contributed by atoms with Crippen LogP contribution >= 0.6 is 0 Å². The minimum Gasteiger partial charge on any atom is -0.389 e. The number of β-amino-alcohol motifs (C(OH)–C–C–N with tert-alkyl or cyclic N) is 2. The first-order valence-corrected chi connectivity index (χ1v) is 6.47. The van der Waals surface area contributed by atoms with Crippen molar-refractivity contribution in [3.05, 3.63) is 23.9 Å². The molecule has 2 heterocycles. The monoisotopic (exact) mass is 251 g/mol. The minimum atomic E-state index is -0.633. The Morgan fingerprint density at radius 1 is 1.33 bits per heavy atom. The van der Waals surface area contributed by atoms with Crippen LogP contribution < -0.4 is 5.32 Å². The van der Waals surface area contributed by atoms with Crippen molar-refractivity contribution in [1.29, 1.82) is 0 Å². The average Bonchev–Trinajstić information content (AvgIpc) is 2.66. The molecule has 1 aliphatic heterocycles. The smallest absolute Gasteiger partial charge is 0.126 e. The quantitative estimate of drug-likeness (QED) is 0.708. The number of pyridine rings is 1. The first-order chi connectivity index (χ1) is 8.69. The summed E-state index contributed by atoms with van der Waals surface area (Å²) in [6.45, 7) is 4.71. The van der Waals surface area contributed by atoms with E-state index in [0.29, 0.717) is 19.6 Å². The summed E-state index contributed by atoms with van der Waals surface area (Å²) in [6.07, 6.45) is -0.200. The van der Waals surface area contributed by atoms with Crippen molar-refractivity contribution in [2.24, 2.45) is 0 Å². The van der Waals surface area contributed by atoms with Gasteiger partial charge in [-0.1, -0.05) is 13.0 Å². The molecule has 18 heavy (non-hydrogen) atoms. The van der Waals surface area contributed by atoms with E-state index in [9.17, 15) is 10.2 Å². The molecule has 2 rings (SSSR count). The molecule has 3 N–H and O–H groups in total. The number of hydrogen-bond donors (Lipinski definition) is 3. The van der Waals surface area contributed by atoms with Gasteiger partial charge >= 0.3 is 0 Å². The van der Waals surface area contributed by atoms with Crippen molar-refractivity contribution in [2.75, 3.05) is 25.0 Å². The second-order valence-electron chi connectivity index (χ2n) is 4.77. The Hall–Kier alpha value is -1.17. The molecule has 0 spiro atoms. The Balaban J connectivity index is 1.93. The van der Waals surface area contributed by atoms with Crippen LogP contribution in [0.5, 0.6) is 0 Å². The lowest BCUT2D eigenvalue weighted by Crippen LogP contribution is -2.22. The van der Waals surface area contributed by atoms with E-state index in [1.165, 1.54) is 0 Å². The highest BCUT2D eigenvalue weighted by Gasteiger charge is 2.29. The van der Waals surface area contributed by atoms with Gasteiger partial charge in [-0.05, 0) is 18.6 Å². The third-order valence-corrected chi connectivity index (χ3v) is 3.08. The fourth-order valence-electron chi connectivity index (χ4n) is 2.12. The summed E-state index contributed by atoms with van der Waals surface area (Å²) in [5.74, 6) is 0.884. The summed E-state index contributed by atoms with van der Waals surface area (Å²) in [6, 6.07) is 5.89. The zero-order valence-corrected chi connectivity index (χ0v) is 10.7. The van der Waals surface area contributed by atoms with Gasteiger partial charge in [0.25, 0.3) is 0 Å². The van der Waals surface area contributed by atoms with Crippen LogP contribution in [0.15, 0.2) is 18.2 Å². The van der Waals surface area contributed by atoms with Crippen LogP contribution in [0.1, 0.15) is 19.0 Å². The number of nitrogens with zero attached hydrogens (tertiary/aromatic N) is 2. The van der Waals surface area contributed by atoms with E-state index in [4.69, 9.17) is 0 Å². The van der Waals surface area contributed by atoms with Crippen LogP contribution in [-0.2, 0) is 6.54 Å². The van der Waals surface area contributed by atoms with Crippen molar-refractivity contribution in [3.63, 3.8) is 0 Å². The zero-order valence-electron chi connectivity index (χ0n) is 10.7. The summed E-state index contributed by atoms with van der Waals surface area (Å²) in [7, 11) is 0. The molecule has 0 aromatic carbocycles. The Morgan fingerprint density at radius 3 is 2.72 bits per heavy atom. The number of anilines is 1. The van der Waals surface area contributed by atoms with Crippen LogP contribution in [0, 0.1) is 0 Å². The van der Waals surface area contributed by atoms with Crippen molar-refractivity contribution in [3.8, 4) is 0 Å². The van der Waals surface area contributed by atoms with Gasteiger partial charge in [0, 0.05) is 26.2 Å². The summed E-state index contributed by atoms with van der Waals surface area (Å²) in [4.78, 5) is 6.52. The zero-order chi connectivity index (χ0) is 13.0. The van der Waals surface area contributed by atoms with E-state index in [0.717, 1.165) is 24.5 Å². The highest BCUT2D eigenvalue weighted by atomic mass is 16.3. The van der Waals surface area contributed by atoms with Crippen LogP contribution in [0.3, 0.4) is 0 Å². The maximum absolute atomic E-state index is 9.49. The molecule has 1 saturated heterocycles. The molecule has 0 bridgehead atoms. The maximum Gasteiger partial charge on any atom is 0.126 e. The van der Waals surface area contributed by atoms with Gasteiger partial charge in [-0.2, -0.15) is 0 Å². The highest BCUT2D eigenvalue weighted by Crippen LogP contribution is 2.14. The average molecular weight is 251 g/mol. The van der Waals surface area contributed by atoms with Crippen LogP contribution in [0.4, 0.5) is 5.82 Å². The molecular weight excluding hydrogens is 230 g/mol. The van der Waals surface area contributed by atoms with Crippen LogP contribution in [0.2, 0.25) is 0 Å². The molecule has 1 aromatic heterocycles. The Labute approximate surface area is 107 Å². The van der Waals surface area contributed by atoms with Gasteiger partial charge in [-0.15, -0.1) is 0 Å².